The van der Waals surface area contributed by atoms with Crippen LogP contribution < -0.4 is 11.5 Å². The highest BCUT2D eigenvalue weighted by Crippen LogP contribution is 2.48. The summed E-state index contributed by atoms with van der Waals surface area (Å²) in [5.74, 6) is 0.122. The first-order chi connectivity index (χ1) is 14.8. The van der Waals surface area contributed by atoms with Crippen molar-refractivity contribution < 1.29 is 8.78 Å². The molecule has 5 nitrogen and oxygen atoms in total. The van der Waals surface area contributed by atoms with Crippen LogP contribution in [0.3, 0.4) is 0 Å². The molecule has 1 aliphatic rings. The number of aromatic nitrogens is 3. The van der Waals surface area contributed by atoms with Gasteiger partial charge < -0.3 is 16.0 Å². The Morgan fingerprint density at radius 2 is 1.97 bits per heavy atom. The molecule has 1 aliphatic carbocycles. The van der Waals surface area contributed by atoms with Crippen molar-refractivity contribution in [1.29, 1.82) is 0 Å². The Morgan fingerprint density at radius 3 is 2.81 bits per heavy atom. The lowest BCUT2D eigenvalue weighted by Crippen LogP contribution is -2.14. The molecule has 5 rings (SSSR count). The van der Waals surface area contributed by atoms with Gasteiger partial charge in [0.15, 0.2) is 5.82 Å². The Bertz CT molecular complexity index is 1300. The molecular formula is C24H25F2N5. The summed E-state index contributed by atoms with van der Waals surface area (Å²) < 4.78 is 31.0. The van der Waals surface area contributed by atoms with Crippen molar-refractivity contribution in [2.45, 2.75) is 45.1 Å². The maximum absolute atomic E-state index is 14.5. The number of aryl methyl sites for hydroxylation is 1. The molecule has 1 aromatic carbocycles. The van der Waals surface area contributed by atoms with Crippen LogP contribution in [0.4, 0.5) is 20.4 Å². The number of rotatable bonds is 4. The third kappa shape index (κ3) is 3.48. The van der Waals surface area contributed by atoms with E-state index in [1.54, 1.807) is 18.2 Å². The molecule has 1 fully saturated rings. The van der Waals surface area contributed by atoms with Crippen LogP contribution in [0, 0.1) is 17.0 Å². The predicted molar refractivity (Wildman–Crippen MR) is 120 cm³/mol. The minimum Gasteiger partial charge on any atom is -0.384 e. The summed E-state index contributed by atoms with van der Waals surface area (Å²) in [6.45, 7) is 2.26. The maximum Gasteiger partial charge on any atom is 0.165 e. The number of hydrogen-bond donors (Lipinski definition) is 2. The minimum atomic E-state index is -0.346. The van der Waals surface area contributed by atoms with E-state index in [0.717, 1.165) is 37.7 Å². The van der Waals surface area contributed by atoms with Crippen LogP contribution in [0.15, 0.2) is 42.7 Å². The molecule has 1 saturated carbocycles. The highest BCUT2D eigenvalue weighted by atomic mass is 19.1. The van der Waals surface area contributed by atoms with Crippen molar-refractivity contribution in [3.8, 4) is 0 Å². The minimum absolute atomic E-state index is 0.0882. The molecule has 2 atom stereocenters. The zero-order valence-electron chi connectivity index (χ0n) is 17.4. The Kier molecular flexibility index (Phi) is 4.57. The predicted octanol–water partition coefficient (Wildman–Crippen LogP) is 5.39. The van der Waals surface area contributed by atoms with Gasteiger partial charge in [0.25, 0.3) is 0 Å². The van der Waals surface area contributed by atoms with Gasteiger partial charge in [-0.2, -0.15) is 0 Å². The topological polar surface area (TPSA) is 82.8 Å². The Labute approximate surface area is 179 Å². The Morgan fingerprint density at radius 1 is 1.13 bits per heavy atom. The molecule has 0 spiro atoms. The molecule has 0 amide bonds. The summed E-state index contributed by atoms with van der Waals surface area (Å²) >= 11 is 0. The molecule has 160 valence electrons. The molecule has 0 saturated heterocycles. The van der Waals surface area contributed by atoms with Crippen LogP contribution in [-0.2, 0) is 6.42 Å². The third-order valence-electron chi connectivity index (χ3n) is 6.79. The number of nitrogens with two attached hydrogens (primary N) is 2. The molecule has 0 radical (unpaired) electrons. The summed E-state index contributed by atoms with van der Waals surface area (Å²) in [6.07, 6.45) is 7.70. The van der Waals surface area contributed by atoms with E-state index in [-0.39, 0.29) is 23.1 Å². The maximum atomic E-state index is 14.5. The molecule has 31 heavy (non-hydrogen) atoms. The number of nitrogens with zero attached hydrogens (tertiary/aromatic N) is 3. The van der Waals surface area contributed by atoms with Gasteiger partial charge in [-0.05, 0) is 73.4 Å². The zero-order chi connectivity index (χ0) is 21.8. The first-order valence-electron chi connectivity index (χ1n) is 10.6. The van der Waals surface area contributed by atoms with Crippen molar-refractivity contribution in [3.05, 3.63) is 59.9 Å². The fourth-order valence-corrected chi connectivity index (χ4v) is 5.07. The second-order valence-corrected chi connectivity index (χ2v) is 9.06. The summed E-state index contributed by atoms with van der Waals surface area (Å²) in [7, 11) is 0. The lowest BCUT2D eigenvalue weighted by molar-refractivity contribution is 0.295. The van der Waals surface area contributed by atoms with Crippen molar-refractivity contribution in [1.82, 2.24) is 14.5 Å². The normalized spacial score (nSPS) is 21.3. The smallest absolute Gasteiger partial charge is 0.165 e. The summed E-state index contributed by atoms with van der Waals surface area (Å²) in [4.78, 5) is 8.19. The summed E-state index contributed by atoms with van der Waals surface area (Å²) in [5.41, 5.74) is 13.8. The van der Waals surface area contributed by atoms with E-state index in [0.29, 0.717) is 33.4 Å². The van der Waals surface area contributed by atoms with Gasteiger partial charge >= 0.3 is 0 Å². The van der Waals surface area contributed by atoms with Crippen LogP contribution in [0.5, 0.6) is 0 Å². The Hall–Kier alpha value is -3.22. The fraction of sp³-hybridized carbons (Fsp3) is 0.333. The van der Waals surface area contributed by atoms with Gasteiger partial charge in [-0.15, -0.1) is 0 Å². The summed E-state index contributed by atoms with van der Waals surface area (Å²) in [5, 5.41) is 1.15. The van der Waals surface area contributed by atoms with Crippen molar-refractivity contribution in [2.75, 3.05) is 11.5 Å². The van der Waals surface area contributed by atoms with Gasteiger partial charge in [0.1, 0.15) is 17.5 Å². The number of benzene rings is 1. The van der Waals surface area contributed by atoms with Gasteiger partial charge in [0.2, 0.25) is 0 Å². The number of nitrogen functional groups attached to an aromatic ring is 2. The molecule has 3 aromatic heterocycles. The number of fused-ring (bicyclic) bond motifs is 2. The van der Waals surface area contributed by atoms with E-state index in [4.69, 9.17) is 11.5 Å². The van der Waals surface area contributed by atoms with Crippen molar-refractivity contribution in [3.63, 3.8) is 0 Å². The third-order valence-corrected chi connectivity index (χ3v) is 6.79. The summed E-state index contributed by atoms with van der Waals surface area (Å²) in [6, 6.07) is 8.85. The SMILES string of the molecule is C[C@@]1(CCc2cc(F)c3ccc(N)nc3c2)CCC(n2ccc3c(N)ncc(F)c32)C1. The van der Waals surface area contributed by atoms with Gasteiger partial charge in [-0.25, -0.2) is 18.7 Å². The van der Waals surface area contributed by atoms with Crippen molar-refractivity contribution >= 4 is 33.4 Å². The number of hydrogen-bond acceptors (Lipinski definition) is 4. The molecule has 4 N–H and O–H groups in total. The van der Waals surface area contributed by atoms with E-state index in [1.165, 1.54) is 6.20 Å². The average molecular weight is 421 g/mol. The second-order valence-electron chi connectivity index (χ2n) is 9.06. The lowest BCUT2D eigenvalue weighted by Gasteiger charge is -2.25. The van der Waals surface area contributed by atoms with Crippen LogP contribution in [0.1, 0.15) is 44.2 Å². The molecular weight excluding hydrogens is 396 g/mol. The standard InChI is InChI=1S/C24H25F2N5/c1-24(7-4-14-10-18(25)16-2-3-21(27)30-20(16)11-14)8-5-15(12-24)31-9-6-17-22(31)19(26)13-29-23(17)28/h2-3,6,9-11,13,15H,4-5,7-8,12H2,1H3,(H2,27,30)(H2,28,29)/t15?,24-/m1/s1. The molecule has 4 aromatic rings. The van der Waals surface area contributed by atoms with Crippen LogP contribution in [0.25, 0.3) is 21.8 Å². The number of pyridine rings is 2. The van der Waals surface area contributed by atoms with E-state index >= 15 is 0 Å². The highest BCUT2D eigenvalue weighted by molar-refractivity contribution is 5.89. The van der Waals surface area contributed by atoms with Crippen LogP contribution in [-0.4, -0.2) is 14.5 Å². The van der Waals surface area contributed by atoms with Gasteiger partial charge in [-0.1, -0.05) is 6.92 Å². The molecule has 0 bridgehead atoms. The van der Waals surface area contributed by atoms with Crippen LogP contribution in [0.2, 0.25) is 0 Å². The second kappa shape index (κ2) is 7.18. The Balaban J connectivity index is 1.35. The molecule has 3 heterocycles. The van der Waals surface area contributed by atoms with E-state index < -0.39 is 0 Å². The van der Waals surface area contributed by atoms with Gasteiger partial charge in [-0.3, -0.25) is 0 Å². The quantitative estimate of drug-likeness (QED) is 0.463. The lowest BCUT2D eigenvalue weighted by atomic mass is 9.82. The first-order valence-corrected chi connectivity index (χ1v) is 10.6. The first kappa shape index (κ1) is 19.7. The van der Waals surface area contributed by atoms with Gasteiger partial charge in [0, 0.05) is 23.0 Å². The zero-order valence-corrected chi connectivity index (χ0v) is 17.4. The molecule has 1 unspecified atom stereocenters. The number of anilines is 2. The van der Waals surface area contributed by atoms with E-state index in [2.05, 4.69) is 16.9 Å². The van der Waals surface area contributed by atoms with E-state index in [9.17, 15) is 8.78 Å². The molecule has 0 aliphatic heterocycles. The van der Waals surface area contributed by atoms with Crippen LogP contribution >= 0.6 is 0 Å². The average Bonchev–Trinajstić information content (AvgIpc) is 3.34. The van der Waals surface area contributed by atoms with E-state index in [1.807, 2.05) is 22.9 Å². The molecule has 7 heteroatoms. The fourth-order valence-electron chi connectivity index (χ4n) is 5.07. The van der Waals surface area contributed by atoms with Crippen molar-refractivity contribution in [2.24, 2.45) is 5.41 Å². The highest BCUT2D eigenvalue weighted by Gasteiger charge is 2.36. The number of halogens is 2. The monoisotopic (exact) mass is 421 g/mol. The van der Waals surface area contributed by atoms with Gasteiger partial charge in [0.05, 0.1) is 17.2 Å². The largest absolute Gasteiger partial charge is 0.384 e.